The van der Waals surface area contributed by atoms with Gasteiger partial charge in [-0.15, -0.1) is 0 Å². The quantitative estimate of drug-likeness (QED) is 0.352. The van der Waals surface area contributed by atoms with Crippen LogP contribution < -0.4 is 10.6 Å². The second kappa shape index (κ2) is 10.5. The average Bonchev–Trinajstić information content (AvgIpc) is 2.89. The van der Waals surface area contributed by atoms with Crippen molar-refractivity contribution in [3.63, 3.8) is 0 Å². The largest absolute Gasteiger partial charge is 0.326 e. The molecule has 0 aliphatic rings. The molecule has 1 heterocycles. The summed E-state index contributed by atoms with van der Waals surface area (Å²) in [5, 5.41) is 5.73. The van der Waals surface area contributed by atoms with Gasteiger partial charge in [-0.3, -0.25) is 9.59 Å². The van der Waals surface area contributed by atoms with Crippen LogP contribution in [0, 0.1) is 0 Å². The highest BCUT2D eigenvalue weighted by atomic mass is 16.2. The molecule has 4 rings (SSSR count). The van der Waals surface area contributed by atoms with Crippen LogP contribution >= 0.6 is 0 Å². The SMILES string of the molecule is CCC(=O)Nc1ccc(-c2cc(-c3ccc(NC(=O)CC)cc3)nc(-c3ccccc3)n2)cc1. The van der Waals surface area contributed by atoms with Gasteiger partial charge in [-0.1, -0.05) is 68.4 Å². The van der Waals surface area contributed by atoms with Crippen LogP contribution in [-0.4, -0.2) is 21.8 Å². The highest BCUT2D eigenvalue weighted by Gasteiger charge is 2.11. The van der Waals surface area contributed by atoms with E-state index in [0.29, 0.717) is 18.7 Å². The molecule has 0 aliphatic carbocycles. The Morgan fingerprint density at radius 3 is 1.47 bits per heavy atom. The lowest BCUT2D eigenvalue weighted by Gasteiger charge is -2.11. The van der Waals surface area contributed by atoms with Crippen LogP contribution in [0.5, 0.6) is 0 Å². The summed E-state index contributed by atoms with van der Waals surface area (Å²) in [6.07, 6.45) is 0.858. The van der Waals surface area contributed by atoms with Gasteiger partial charge in [0.05, 0.1) is 11.4 Å². The molecule has 0 fully saturated rings. The fraction of sp³-hybridized carbons (Fsp3) is 0.143. The highest BCUT2D eigenvalue weighted by molar-refractivity contribution is 5.91. The second-order valence-electron chi connectivity index (χ2n) is 7.79. The molecule has 170 valence electrons. The number of nitrogens with one attached hydrogen (secondary N) is 2. The molecule has 2 N–H and O–H groups in total. The van der Waals surface area contributed by atoms with E-state index < -0.39 is 0 Å². The normalized spacial score (nSPS) is 10.5. The highest BCUT2D eigenvalue weighted by Crippen LogP contribution is 2.29. The van der Waals surface area contributed by atoms with E-state index in [1.807, 2.05) is 98.8 Å². The first kappa shape index (κ1) is 22.9. The van der Waals surface area contributed by atoms with Gasteiger partial charge in [0.1, 0.15) is 0 Å². The van der Waals surface area contributed by atoms with E-state index in [9.17, 15) is 9.59 Å². The number of benzene rings is 3. The first-order chi connectivity index (χ1) is 16.6. The van der Waals surface area contributed by atoms with Crippen LogP contribution in [0.25, 0.3) is 33.9 Å². The Labute approximate surface area is 199 Å². The third kappa shape index (κ3) is 5.53. The standard InChI is InChI=1S/C28H26N4O2/c1-3-26(33)29-22-14-10-19(11-15-22)24-18-25(32-28(31-24)21-8-6-5-7-9-21)20-12-16-23(17-13-20)30-27(34)4-2/h5-18H,3-4H2,1-2H3,(H,29,33)(H,30,34). The zero-order valence-corrected chi connectivity index (χ0v) is 19.2. The van der Waals surface area contributed by atoms with E-state index in [0.717, 1.165) is 39.5 Å². The van der Waals surface area contributed by atoms with E-state index in [-0.39, 0.29) is 11.8 Å². The molecule has 6 nitrogen and oxygen atoms in total. The molecule has 0 radical (unpaired) electrons. The predicted molar refractivity (Wildman–Crippen MR) is 136 cm³/mol. The van der Waals surface area contributed by atoms with Gasteiger partial charge in [0.25, 0.3) is 0 Å². The van der Waals surface area contributed by atoms with Crippen LogP contribution in [0.1, 0.15) is 26.7 Å². The van der Waals surface area contributed by atoms with Crippen LogP contribution in [0.3, 0.4) is 0 Å². The minimum atomic E-state index is -0.0259. The molecule has 0 spiro atoms. The lowest BCUT2D eigenvalue weighted by atomic mass is 10.1. The van der Waals surface area contributed by atoms with Crippen molar-refractivity contribution in [3.8, 4) is 33.9 Å². The van der Waals surface area contributed by atoms with Crippen molar-refractivity contribution in [1.82, 2.24) is 9.97 Å². The maximum absolute atomic E-state index is 11.7. The van der Waals surface area contributed by atoms with Gasteiger partial charge in [0.15, 0.2) is 5.82 Å². The van der Waals surface area contributed by atoms with Crippen LogP contribution in [0.4, 0.5) is 11.4 Å². The Morgan fingerprint density at radius 2 is 1.06 bits per heavy atom. The molecule has 1 aromatic heterocycles. The maximum atomic E-state index is 11.7. The van der Waals surface area contributed by atoms with Crippen molar-refractivity contribution in [2.24, 2.45) is 0 Å². The summed E-state index contributed by atoms with van der Waals surface area (Å²) >= 11 is 0. The van der Waals surface area contributed by atoms with Gasteiger partial charge in [-0.25, -0.2) is 9.97 Å². The number of hydrogen-bond acceptors (Lipinski definition) is 4. The summed E-state index contributed by atoms with van der Waals surface area (Å²) in [7, 11) is 0. The van der Waals surface area contributed by atoms with Crippen molar-refractivity contribution < 1.29 is 9.59 Å². The third-order valence-corrected chi connectivity index (χ3v) is 5.33. The van der Waals surface area contributed by atoms with Gasteiger partial charge >= 0.3 is 0 Å². The number of anilines is 2. The summed E-state index contributed by atoms with van der Waals surface area (Å²) in [4.78, 5) is 33.0. The number of carbonyl (C=O) groups is 2. The molecular formula is C28H26N4O2. The third-order valence-electron chi connectivity index (χ3n) is 5.33. The van der Waals surface area contributed by atoms with Crippen LogP contribution in [0.15, 0.2) is 84.9 Å². The number of aromatic nitrogens is 2. The molecule has 0 atom stereocenters. The Hall–Kier alpha value is -4.32. The molecule has 0 saturated carbocycles. The summed E-state index contributed by atoms with van der Waals surface area (Å²) < 4.78 is 0. The van der Waals surface area contributed by atoms with E-state index in [4.69, 9.17) is 9.97 Å². The Kier molecular flexibility index (Phi) is 7.08. The molecule has 34 heavy (non-hydrogen) atoms. The first-order valence-electron chi connectivity index (χ1n) is 11.3. The number of hydrogen-bond donors (Lipinski definition) is 2. The Bertz CT molecular complexity index is 1200. The van der Waals surface area contributed by atoms with E-state index in [2.05, 4.69) is 10.6 Å². The topological polar surface area (TPSA) is 84.0 Å². The molecular weight excluding hydrogens is 424 g/mol. The lowest BCUT2D eigenvalue weighted by molar-refractivity contribution is -0.116. The number of nitrogens with zero attached hydrogens (tertiary/aromatic N) is 2. The Balaban J connectivity index is 1.72. The van der Waals surface area contributed by atoms with Gasteiger partial charge in [0.2, 0.25) is 11.8 Å². The smallest absolute Gasteiger partial charge is 0.224 e. The molecule has 0 saturated heterocycles. The molecule has 0 bridgehead atoms. The summed E-state index contributed by atoms with van der Waals surface area (Å²) in [6, 6.07) is 27.0. The monoisotopic (exact) mass is 450 g/mol. The number of rotatable bonds is 7. The van der Waals surface area contributed by atoms with Crippen LogP contribution in [-0.2, 0) is 9.59 Å². The summed E-state index contributed by atoms with van der Waals surface area (Å²) in [6.45, 7) is 3.64. The van der Waals surface area contributed by atoms with Gasteiger partial charge in [-0.2, -0.15) is 0 Å². The van der Waals surface area contributed by atoms with E-state index >= 15 is 0 Å². The maximum Gasteiger partial charge on any atom is 0.224 e. The van der Waals surface area contributed by atoms with Gasteiger partial charge < -0.3 is 10.6 Å². The Morgan fingerprint density at radius 1 is 0.618 bits per heavy atom. The van der Waals surface area contributed by atoms with E-state index in [1.54, 1.807) is 0 Å². The molecule has 0 aliphatic heterocycles. The zero-order valence-electron chi connectivity index (χ0n) is 19.2. The van der Waals surface area contributed by atoms with Crippen LogP contribution in [0.2, 0.25) is 0 Å². The molecule has 2 amide bonds. The predicted octanol–water partition coefficient (Wildman–Crippen LogP) is 6.17. The van der Waals surface area contributed by atoms with Crippen molar-refractivity contribution in [3.05, 3.63) is 84.9 Å². The minimum Gasteiger partial charge on any atom is -0.326 e. The molecule has 6 heteroatoms. The van der Waals surface area contributed by atoms with Gasteiger partial charge in [-0.05, 0) is 30.3 Å². The lowest BCUT2D eigenvalue weighted by Crippen LogP contribution is -2.09. The van der Waals surface area contributed by atoms with Crippen molar-refractivity contribution in [1.29, 1.82) is 0 Å². The molecule has 3 aromatic carbocycles. The summed E-state index contributed by atoms with van der Waals surface area (Å²) in [5.74, 6) is 0.573. The number of amides is 2. The number of carbonyl (C=O) groups excluding carboxylic acids is 2. The average molecular weight is 451 g/mol. The summed E-state index contributed by atoms with van der Waals surface area (Å²) in [5.41, 5.74) is 5.81. The zero-order chi connectivity index (χ0) is 23.9. The van der Waals surface area contributed by atoms with Crippen molar-refractivity contribution in [2.75, 3.05) is 10.6 Å². The second-order valence-corrected chi connectivity index (χ2v) is 7.79. The van der Waals surface area contributed by atoms with Crippen molar-refractivity contribution >= 4 is 23.2 Å². The fourth-order valence-electron chi connectivity index (χ4n) is 3.41. The van der Waals surface area contributed by atoms with Crippen molar-refractivity contribution in [2.45, 2.75) is 26.7 Å². The molecule has 4 aromatic rings. The van der Waals surface area contributed by atoms with Gasteiger partial charge in [0, 0.05) is 40.9 Å². The molecule has 0 unspecified atom stereocenters. The van der Waals surface area contributed by atoms with E-state index in [1.165, 1.54) is 0 Å². The first-order valence-corrected chi connectivity index (χ1v) is 11.3. The minimum absolute atomic E-state index is 0.0259. The fourth-order valence-corrected chi connectivity index (χ4v) is 3.41.